The normalized spacial score (nSPS) is 11.5. The molecule has 9 nitrogen and oxygen atoms in total. The van der Waals surface area contributed by atoms with Crippen LogP contribution in [0.25, 0.3) is 33.5 Å². The summed E-state index contributed by atoms with van der Waals surface area (Å²) in [6, 6.07) is 15.6. The fraction of sp³-hybridized carbons (Fsp3) is 0.182. The first kappa shape index (κ1) is 19.7. The molecule has 0 aliphatic rings. The van der Waals surface area contributed by atoms with Gasteiger partial charge in [0.05, 0.1) is 6.54 Å². The zero-order valence-electron chi connectivity index (χ0n) is 17.4. The van der Waals surface area contributed by atoms with E-state index in [0.29, 0.717) is 18.2 Å². The molecule has 3 aromatic heterocycles. The lowest BCUT2D eigenvalue weighted by atomic mass is 9.95. The Morgan fingerprint density at radius 2 is 1.72 bits per heavy atom. The standard InChI is InChI=1S/C22H19FN8O/c1-12(2)21-24-17-18(22(32)28-25-19(17)23)31(21)11-13-7-3-4-8-14(13)15-9-5-6-10-16(15)20-26-29-30-27-20/h3-10,12H,11H2,1-2H3,(H,28,32)(H,26,27,29,30). The lowest BCUT2D eigenvalue weighted by Crippen LogP contribution is -2.16. The van der Waals surface area contributed by atoms with Crippen LogP contribution in [0.5, 0.6) is 0 Å². The van der Waals surface area contributed by atoms with Crippen LogP contribution in [-0.4, -0.2) is 40.4 Å². The van der Waals surface area contributed by atoms with E-state index in [9.17, 15) is 9.18 Å². The topological polar surface area (TPSA) is 118 Å². The van der Waals surface area contributed by atoms with Crippen molar-refractivity contribution in [2.45, 2.75) is 26.3 Å². The molecule has 2 aromatic carbocycles. The summed E-state index contributed by atoms with van der Waals surface area (Å²) < 4.78 is 16.1. The first-order chi connectivity index (χ1) is 15.5. The second-order valence-electron chi connectivity index (χ2n) is 7.69. The van der Waals surface area contributed by atoms with Crippen LogP contribution in [0, 0.1) is 5.95 Å². The number of hydrogen-bond donors (Lipinski definition) is 2. The van der Waals surface area contributed by atoms with Gasteiger partial charge in [0, 0.05) is 11.5 Å². The van der Waals surface area contributed by atoms with Crippen LogP contribution >= 0.6 is 0 Å². The molecule has 0 saturated heterocycles. The van der Waals surface area contributed by atoms with E-state index < -0.39 is 11.5 Å². The molecule has 160 valence electrons. The molecule has 0 bridgehead atoms. The molecule has 0 saturated carbocycles. The summed E-state index contributed by atoms with van der Waals surface area (Å²) in [4.78, 5) is 17.0. The van der Waals surface area contributed by atoms with E-state index in [0.717, 1.165) is 22.3 Å². The van der Waals surface area contributed by atoms with Crippen LogP contribution in [0.1, 0.15) is 31.2 Å². The van der Waals surface area contributed by atoms with Gasteiger partial charge in [0.25, 0.3) is 11.5 Å². The van der Waals surface area contributed by atoms with Gasteiger partial charge in [-0.05, 0) is 21.9 Å². The second-order valence-corrected chi connectivity index (χ2v) is 7.69. The van der Waals surface area contributed by atoms with Crippen molar-refractivity contribution in [3.8, 4) is 22.5 Å². The molecular weight excluding hydrogens is 411 g/mol. The van der Waals surface area contributed by atoms with E-state index in [1.807, 2.05) is 62.4 Å². The fourth-order valence-corrected chi connectivity index (χ4v) is 3.93. The molecule has 0 aliphatic carbocycles. The quantitative estimate of drug-likeness (QED) is 0.442. The van der Waals surface area contributed by atoms with Crippen LogP contribution in [0.2, 0.25) is 0 Å². The summed E-state index contributed by atoms with van der Waals surface area (Å²) in [5.41, 5.74) is 3.27. The molecule has 0 fully saturated rings. The van der Waals surface area contributed by atoms with E-state index in [-0.39, 0.29) is 17.0 Å². The highest BCUT2D eigenvalue weighted by molar-refractivity contribution is 5.82. The number of rotatable bonds is 5. The second kappa shape index (κ2) is 7.80. The number of hydrogen-bond acceptors (Lipinski definition) is 6. The number of aromatic nitrogens is 8. The molecule has 0 atom stereocenters. The van der Waals surface area contributed by atoms with Crippen molar-refractivity contribution >= 4 is 11.0 Å². The van der Waals surface area contributed by atoms with Crippen molar-refractivity contribution < 1.29 is 4.39 Å². The average Bonchev–Trinajstić information content (AvgIpc) is 3.46. The third-order valence-electron chi connectivity index (χ3n) is 5.33. The summed E-state index contributed by atoms with van der Waals surface area (Å²) in [7, 11) is 0. The van der Waals surface area contributed by atoms with Gasteiger partial charge in [-0.25, -0.2) is 10.1 Å². The highest BCUT2D eigenvalue weighted by Gasteiger charge is 2.21. The van der Waals surface area contributed by atoms with E-state index in [4.69, 9.17) is 0 Å². The maximum Gasteiger partial charge on any atom is 0.290 e. The van der Waals surface area contributed by atoms with Crippen molar-refractivity contribution in [3.05, 3.63) is 76.2 Å². The number of H-pyrrole nitrogens is 2. The molecule has 0 spiro atoms. The van der Waals surface area contributed by atoms with E-state index in [2.05, 4.69) is 35.8 Å². The molecule has 2 N–H and O–H groups in total. The van der Waals surface area contributed by atoms with Gasteiger partial charge in [-0.2, -0.15) is 9.60 Å². The molecule has 5 aromatic rings. The Labute approximate surface area is 181 Å². The molecule has 5 rings (SSSR count). The molecule has 32 heavy (non-hydrogen) atoms. The Morgan fingerprint density at radius 3 is 2.44 bits per heavy atom. The first-order valence-electron chi connectivity index (χ1n) is 10.1. The summed E-state index contributed by atoms with van der Waals surface area (Å²) in [6.45, 7) is 4.23. The van der Waals surface area contributed by atoms with Crippen LogP contribution in [0.15, 0.2) is 53.3 Å². The van der Waals surface area contributed by atoms with Crippen molar-refractivity contribution in [2.75, 3.05) is 0 Å². The zero-order valence-corrected chi connectivity index (χ0v) is 17.4. The van der Waals surface area contributed by atoms with E-state index >= 15 is 0 Å². The number of nitrogens with one attached hydrogen (secondary N) is 2. The van der Waals surface area contributed by atoms with Crippen molar-refractivity contribution in [1.29, 1.82) is 0 Å². The summed E-state index contributed by atoms with van der Waals surface area (Å²) >= 11 is 0. The Kier molecular flexibility index (Phi) is 4.81. The SMILES string of the molecule is CC(C)c1nc2c(F)n[nH]c(=O)c2n1Cc1ccccc1-c1ccccc1-c1nn[nH]n1. The van der Waals surface area contributed by atoms with Gasteiger partial charge in [-0.3, -0.25) is 4.79 Å². The molecular formula is C22H19FN8O. The predicted octanol–water partition coefficient (Wildman–Crippen LogP) is 3.28. The third kappa shape index (κ3) is 3.25. The number of benzene rings is 2. The van der Waals surface area contributed by atoms with Gasteiger partial charge in [0.15, 0.2) is 5.52 Å². The molecule has 0 aliphatic heterocycles. The van der Waals surface area contributed by atoms with Gasteiger partial charge in [0.1, 0.15) is 11.3 Å². The zero-order chi connectivity index (χ0) is 22.2. The number of fused-ring (bicyclic) bond motifs is 1. The average molecular weight is 430 g/mol. The van der Waals surface area contributed by atoms with Crippen LogP contribution in [0.4, 0.5) is 4.39 Å². The van der Waals surface area contributed by atoms with E-state index in [1.165, 1.54) is 0 Å². The number of tetrazole rings is 1. The largest absolute Gasteiger partial charge is 0.319 e. The minimum atomic E-state index is -0.795. The number of nitrogens with zero attached hydrogens (tertiary/aromatic N) is 6. The van der Waals surface area contributed by atoms with Gasteiger partial charge in [-0.1, -0.05) is 62.4 Å². The van der Waals surface area contributed by atoms with E-state index in [1.54, 1.807) is 4.57 Å². The van der Waals surface area contributed by atoms with Gasteiger partial charge in [0.2, 0.25) is 5.82 Å². The lowest BCUT2D eigenvalue weighted by Gasteiger charge is -2.16. The van der Waals surface area contributed by atoms with Gasteiger partial charge in [-0.15, -0.1) is 15.3 Å². The third-order valence-corrected chi connectivity index (χ3v) is 5.33. The number of aromatic amines is 2. The van der Waals surface area contributed by atoms with Crippen LogP contribution in [-0.2, 0) is 6.54 Å². The fourth-order valence-electron chi connectivity index (χ4n) is 3.93. The molecule has 0 unspecified atom stereocenters. The highest BCUT2D eigenvalue weighted by Crippen LogP contribution is 2.33. The van der Waals surface area contributed by atoms with Gasteiger partial charge >= 0.3 is 0 Å². The monoisotopic (exact) mass is 430 g/mol. The Morgan fingerprint density at radius 1 is 1.00 bits per heavy atom. The number of halogens is 1. The highest BCUT2D eigenvalue weighted by atomic mass is 19.1. The Balaban J connectivity index is 1.70. The first-order valence-corrected chi connectivity index (χ1v) is 10.1. The Bertz CT molecular complexity index is 1470. The van der Waals surface area contributed by atoms with Crippen molar-refractivity contribution in [1.82, 2.24) is 40.4 Å². The number of imidazole rings is 1. The molecule has 0 radical (unpaired) electrons. The summed E-state index contributed by atoms with van der Waals surface area (Å²) in [6.07, 6.45) is 0. The summed E-state index contributed by atoms with van der Waals surface area (Å²) in [5.74, 6) is 0.269. The predicted molar refractivity (Wildman–Crippen MR) is 116 cm³/mol. The molecule has 10 heteroatoms. The smallest absolute Gasteiger partial charge is 0.290 e. The van der Waals surface area contributed by atoms with Crippen molar-refractivity contribution in [2.24, 2.45) is 0 Å². The molecule has 3 heterocycles. The van der Waals surface area contributed by atoms with Gasteiger partial charge < -0.3 is 4.57 Å². The minimum absolute atomic E-state index is 0.0258. The summed E-state index contributed by atoms with van der Waals surface area (Å²) in [5, 5.41) is 20.1. The molecule has 0 amide bonds. The van der Waals surface area contributed by atoms with Crippen LogP contribution in [0.3, 0.4) is 0 Å². The lowest BCUT2D eigenvalue weighted by molar-refractivity contribution is 0.571. The maximum absolute atomic E-state index is 14.3. The van der Waals surface area contributed by atoms with Crippen molar-refractivity contribution in [3.63, 3.8) is 0 Å². The Hall–Kier alpha value is -4.21. The minimum Gasteiger partial charge on any atom is -0.319 e. The van der Waals surface area contributed by atoms with Crippen LogP contribution < -0.4 is 5.56 Å². The maximum atomic E-state index is 14.3.